The molecule has 0 spiro atoms. The molecule has 2 N–H and O–H groups in total. The number of nitrogens with zero attached hydrogens (tertiary/aromatic N) is 6. The van der Waals surface area contributed by atoms with Gasteiger partial charge in [-0.3, -0.25) is 4.79 Å². The molecule has 10 nitrogen and oxygen atoms in total. The molecule has 0 bridgehead atoms. The zero-order chi connectivity index (χ0) is 25.4. The number of hydrogen-bond donors (Lipinski definition) is 2. The van der Waals surface area contributed by atoms with Crippen LogP contribution in [0.2, 0.25) is 0 Å². The Balaban J connectivity index is 1.21. The minimum atomic E-state index is -0.0233. The van der Waals surface area contributed by atoms with E-state index in [1.165, 1.54) is 12.4 Å². The molecule has 1 fully saturated rings. The van der Waals surface area contributed by atoms with Gasteiger partial charge in [0.05, 0.1) is 5.39 Å². The van der Waals surface area contributed by atoms with Gasteiger partial charge in [-0.25, -0.2) is 19.5 Å². The summed E-state index contributed by atoms with van der Waals surface area (Å²) in [5, 5.41) is 8.44. The lowest BCUT2D eigenvalue weighted by molar-refractivity contribution is -0.127. The smallest absolute Gasteiger partial charge is 0.245 e. The number of benzene rings is 1. The summed E-state index contributed by atoms with van der Waals surface area (Å²) in [5.41, 5.74) is 4.41. The molecule has 5 aromatic rings. The molecule has 0 radical (unpaired) electrons. The number of aromatic amines is 1. The zero-order valence-electron chi connectivity index (χ0n) is 20.4. The maximum Gasteiger partial charge on any atom is 0.245 e. The highest BCUT2D eigenvalue weighted by molar-refractivity contribution is 5.90. The van der Waals surface area contributed by atoms with Crippen LogP contribution in [-0.2, 0) is 4.79 Å². The first-order chi connectivity index (χ1) is 18.1. The lowest BCUT2D eigenvalue weighted by Crippen LogP contribution is -2.38. The van der Waals surface area contributed by atoms with Crippen LogP contribution in [-0.4, -0.2) is 53.4 Å². The van der Waals surface area contributed by atoms with Crippen molar-refractivity contribution in [1.82, 2.24) is 34.4 Å². The van der Waals surface area contributed by atoms with Crippen LogP contribution in [0.1, 0.15) is 30.0 Å². The van der Waals surface area contributed by atoms with Crippen LogP contribution in [0.3, 0.4) is 0 Å². The Labute approximate surface area is 213 Å². The standard InChI is InChI=1S/C27H26N8O2/c1-3-25(36)34-9-4-5-18(14-34)22-13-21-26(29-15-30-27(21)33-22)32-19-6-7-23(17(2)11-19)37-20-8-10-35-24(12-20)28-16-31-35/h3,6-8,10-13,15-16,18H,1,4-5,9,14H2,2H3,(H2,29,30,32,33). The average Bonchev–Trinajstić information content (AvgIpc) is 3.57. The van der Waals surface area contributed by atoms with Crippen molar-refractivity contribution in [3.8, 4) is 11.5 Å². The molecule has 10 heteroatoms. The number of H-pyrrole nitrogens is 1. The number of nitrogens with one attached hydrogen (secondary N) is 2. The quantitative estimate of drug-likeness (QED) is 0.328. The molecule has 1 saturated heterocycles. The van der Waals surface area contributed by atoms with Gasteiger partial charge in [-0.15, -0.1) is 0 Å². The van der Waals surface area contributed by atoms with E-state index in [0.717, 1.165) is 58.8 Å². The van der Waals surface area contributed by atoms with Crippen molar-refractivity contribution in [2.75, 3.05) is 18.4 Å². The van der Waals surface area contributed by atoms with E-state index in [1.807, 2.05) is 48.4 Å². The minimum Gasteiger partial charge on any atom is -0.457 e. The third-order valence-electron chi connectivity index (χ3n) is 6.71. The number of aryl methyl sites for hydroxylation is 1. The Morgan fingerprint density at radius 2 is 2.11 bits per heavy atom. The summed E-state index contributed by atoms with van der Waals surface area (Å²) in [4.78, 5) is 30.5. The van der Waals surface area contributed by atoms with Crippen molar-refractivity contribution in [3.63, 3.8) is 0 Å². The molecule has 186 valence electrons. The van der Waals surface area contributed by atoms with E-state index in [9.17, 15) is 4.79 Å². The number of pyridine rings is 1. The number of piperidine rings is 1. The van der Waals surface area contributed by atoms with E-state index >= 15 is 0 Å². The maximum absolute atomic E-state index is 12.1. The zero-order valence-corrected chi connectivity index (χ0v) is 20.4. The van der Waals surface area contributed by atoms with Crippen molar-refractivity contribution in [3.05, 3.63) is 79.2 Å². The number of anilines is 2. The van der Waals surface area contributed by atoms with Crippen molar-refractivity contribution in [2.45, 2.75) is 25.7 Å². The van der Waals surface area contributed by atoms with Crippen LogP contribution in [0.4, 0.5) is 11.5 Å². The SMILES string of the molecule is C=CC(=O)N1CCCC(c2cc3c(Nc4ccc(Oc5ccn6ncnc6c5)c(C)c4)ncnc3[nH]2)C1. The van der Waals surface area contributed by atoms with Gasteiger partial charge in [0.25, 0.3) is 0 Å². The van der Waals surface area contributed by atoms with E-state index in [-0.39, 0.29) is 11.8 Å². The third kappa shape index (κ3) is 4.49. The lowest BCUT2D eigenvalue weighted by atomic mass is 9.94. The molecule has 1 unspecified atom stereocenters. The monoisotopic (exact) mass is 494 g/mol. The molecule has 1 atom stereocenters. The molecule has 1 aliphatic heterocycles. The molecule has 37 heavy (non-hydrogen) atoms. The number of carbonyl (C=O) groups is 1. The number of fused-ring (bicyclic) bond motifs is 2. The fraction of sp³-hybridized carbons (Fsp3) is 0.222. The fourth-order valence-electron chi connectivity index (χ4n) is 4.81. The number of likely N-dealkylation sites (tertiary alicyclic amines) is 1. The number of carbonyl (C=O) groups excluding carboxylic acids is 1. The number of amides is 1. The predicted molar refractivity (Wildman–Crippen MR) is 140 cm³/mol. The average molecular weight is 495 g/mol. The van der Waals surface area contributed by atoms with Crippen LogP contribution in [0.25, 0.3) is 16.7 Å². The molecule has 6 rings (SSSR count). The van der Waals surface area contributed by atoms with E-state index < -0.39 is 0 Å². The Morgan fingerprint density at radius 3 is 2.97 bits per heavy atom. The fourth-order valence-corrected chi connectivity index (χ4v) is 4.81. The first-order valence-corrected chi connectivity index (χ1v) is 12.2. The lowest BCUT2D eigenvalue weighted by Gasteiger charge is -2.31. The molecule has 1 aliphatic rings. The van der Waals surface area contributed by atoms with Gasteiger partial charge in [-0.05, 0) is 61.7 Å². The van der Waals surface area contributed by atoms with Gasteiger partial charge < -0.3 is 19.9 Å². The second kappa shape index (κ2) is 9.38. The molecule has 1 amide bonds. The van der Waals surface area contributed by atoms with Gasteiger partial charge in [-0.2, -0.15) is 5.10 Å². The summed E-state index contributed by atoms with van der Waals surface area (Å²) in [6.45, 7) is 7.05. The third-order valence-corrected chi connectivity index (χ3v) is 6.71. The maximum atomic E-state index is 12.1. The van der Waals surface area contributed by atoms with E-state index in [0.29, 0.717) is 18.1 Å². The Hall–Kier alpha value is -4.73. The van der Waals surface area contributed by atoms with Crippen molar-refractivity contribution in [1.29, 1.82) is 0 Å². The van der Waals surface area contributed by atoms with Gasteiger partial charge >= 0.3 is 0 Å². The molecule has 0 aliphatic carbocycles. The second-order valence-electron chi connectivity index (χ2n) is 9.17. The van der Waals surface area contributed by atoms with Gasteiger partial charge in [0.15, 0.2) is 5.65 Å². The Bertz CT molecular complexity index is 1620. The van der Waals surface area contributed by atoms with Crippen LogP contribution < -0.4 is 10.1 Å². The highest BCUT2D eigenvalue weighted by Crippen LogP contribution is 2.33. The van der Waals surface area contributed by atoms with Crippen molar-refractivity contribution >= 4 is 34.1 Å². The highest BCUT2D eigenvalue weighted by atomic mass is 16.5. The summed E-state index contributed by atoms with van der Waals surface area (Å²) in [6.07, 6.45) is 8.22. The molecule has 5 heterocycles. The number of hydrogen-bond acceptors (Lipinski definition) is 7. The van der Waals surface area contributed by atoms with Gasteiger partial charge in [0, 0.05) is 42.7 Å². The topological polar surface area (TPSA) is 113 Å². The molecule has 0 saturated carbocycles. The first-order valence-electron chi connectivity index (χ1n) is 12.2. The summed E-state index contributed by atoms with van der Waals surface area (Å²) in [7, 11) is 0. The second-order valence-corrected chi connectivity index (χ2v) is 9.17. The van der Waals surface area contributed by atoms with E-state index in [4.69, 9.17) is 4.74 Å². The molecular formula is C27H26N8O2. The summed E-state index contributed by atoms with van der Waals surface area (Å²) >= 11 is 0. The largest absolute Gasteiger partial charge is 0.457 e. The number of ether oxygens (including phenoxy) is 1. The summed E-state index contributed by atoms with van der Waals surface area (Å²) in [5.74, 6) is 2.35. The summed E-state index contributed by atoms with van der Waals surface area (Å²) < 4.78 is 7.78. The van der Waals surface area contributed by atoms with Crippen molar-refractivity contribution in [2.24, 2.45) is 0 Å². The first kappa shape index (κ1) is 22.7. The van der Waals surface area contributed by atoms with Crippen LogP contribution in [0.15, 0.2) is 67.9 Å². The van der Waals surface area contributed by atoms with Gasteiger partial charge in [-0.1, -0.05) is 6.58 Å². The molecule has 4 aromatic heterocycles. The molecular weight excluding hydrogens is 468 g/mol. The number of aromatic nitrogens is 6. The van der Waals surface area contributed by atoms with Gasteiger partial charge in [0.1, 0.15) is 35.6 Å². The summed E-state index contributed by atoms with van der Waals surface area (Å²) in [6, 6.07) is 11.7. The van der Waals surface area contributed by atoms with E-state index in [2.05, 4.69) is 43.0 Å². The van der Waals surface area contributed by atoms with Crippen molar-refractivity contribution < 1.29 is 9.53 Å². The van der Waals surface area contributed by atoms with Crippen LogP contribution >= 0.6 is 0 Å². The number of rotatable bonds is 6. The van der Waals surface area contributed by atoms with Crippen LogP contribution in [0, 0.1) is 6.92 Å². The highest BCUT2D eigenvalue weighted by Gasteiger charge is 2.25. The van der Waals surface area contributed by atoms with E-state index in [1.54, 1.807) is 10.8 Å². The minimum absolute atomic E-state index is 0.0233. The van der Waals surface area contributed by atoms with Gasteiger partial charge in [0.2, 0.25) is 5.91 Å². The normalized spacial score (nSPS) is 15.7. The van der Waals surface area contributed by atoms with Crippen LogP contribution in [0.5, 0.6) is 11.5 Å². The predicted octanol–water partition coefficient (Wildman–Crippen LogP) is 4.74. The Morgan fingerprint density at radius 1 is 1.19 bits per heavy atom. The molecule has 1 aromatic carbocycles. The Kier molecular flexibility index (Phi) is 5.76.